The van der Waals surface area contributed by atoms with Crippen molar-refractivity contribution in [3.05, 3.63) is 17.8 Å². The number of hydrogen-bond donors (Lipinski definition) is 2. The first-order chi connectivity index (χ1) is 8.51. The largest absolute Gasteiger partial charge is 0.396 e. The molecule has 0 radical (unpaired) electrons. The van der Waals surface area contributed by atoms with E-state index in [4.69, 9.17) is 16.2 Å². The molecule has 1 atom stereocenters. The maximum atomic E-state index is 11.1. The van der Waals surface area contributed by atoms with Crippen LogP contribution in [0.15, 0.2) is 12.1 Å². The van der Waals surface area contributed by atoms with Crippen molar-refractivity contribution in [2.24, 2.45) is 5.73 Å². The summed E-state index contributed by atoms with van der Waals surface area (Å²) in [6.45, 7) is 5.26. The number of hydrogen-bond acceptors (Lipinski definition) is 5. The quantitative estimate of drug-likeness (QED) is 0.774. The molecule has 0 spiro atoms. The van der Waals surface area contributed by atoms with E-state index in [1.807, 2.05) is 18.7 Å². The summed E-state index contributed by atoms with van der Waals surface area (Å²) < 4.78 is 5.12. The lowest BCUT2D eigenvalue weighted by atomic mass is 10.2. The number of rotatable bonds is 6. The number of nitrogens with two attached hydrogens (primary N) is 2. The highest BCUT2D eigenvalue weighted by molar-refractivity contribution is 5.91. The van der Waals surface area contributed by atoms with Crippen molar-refractivity contribution in [1.29, 1.82) is 0 Å². The van der Waals surface area contributed by atoms with E-state index in [-0.39, 0.29) is 11.7 Å². The number of methoxy groups -OCH3 is 1. The van der Waals surface area contributed by atoms with Crippen molar-refractivity contribution >= 4 is 17.4 Å². The molecule has 0 saturated heterocycles. The average Bonchev–Trinajstić information content (AvgIpc) is 2.32. The Morgan fingerprint density at radius 3 is 2.72 bits per heavy atom. The summed E-state index contributed by atoms with van der Waals surface area (Å²) in [5.41, 5.74) is 11.9. The van der Waals surface area contributed by atoms with E-state index in [1.165, 1.54) is 6.07 Å². The molecule has 0 aliphatic carbocycles. The summed E-state index contributed by atoms with van der Waals surface area (Å²) in [4.78, 5) is 17.3. The van der Waals surface area contributed by atoms with E-state index in [9.17, 15) is 4.79 Å². The van der Waals surface area contributed by atoms with Crippen LogP contribution < -0.4 is 16.4 Å². The van der Waals surface area contributed by atoms with Gasteiger partial charge in [0, 0.05) is 13.7 Å². The first-order valence-electron chi connectivity index (χ1n) is 5.83. The second-order valence-electron chi connectivity index (χ2n) is 4.06. The van der Waals surface area contributed by atoms with Crippen LogP contribution in [0.25, 0.3) is 0 Å². The minimum absolute atomic E-state index is 0.109. The van der Waals surface area contributed by atoms with Crippen LogP contribution in [0.5, 0.6) is 0 Å². The third-order valence-electron chi connectivity index (χ3n) is 2.71. The van der Waals surface area contributed by atoms with Crippen molar-refractivity contribution in [2.75, 3.05) is 30.9 Å². The molecule has 0 fully saturated rings. The van der Waals surface area contributed by atoms with Gasteiger partial charge in [-0.1, -0.05) is 0 Å². The Hall–Kier alpha value is -1.82. The lowest BCUT2D eigenvalue weighted by molar-refractivity contribution is 0.0995. The van der Waals surface area contributed by atoms with Gasteiger partial charge in [-0.15, -0.1) is 0 Å². The zero-order valence-electron chi connectivity index (χ0n) is 11.0. The molecule has 100 valence electrons. The molecule has 0 saturated carbocycles. The first kappa shape index (κ1) is 14.2. The molecule has 0 bridgehead atoms. The van der Waals surface area contributed by atoms with Gasteiger partial charge in [0.05, 0.1) is 18.3 Å². The van der Waals surface area contributed by atoms with E-state index in [2.05, 4.69) is 4.98 Å². The van der Waals surface area contributed by atoms with Crippen molar-refractivity contribution in [3.63, 3.8) is 0 Å². The number of carbonyl (C=O) groups is 1. The van der Waals surface area contributed by atoms with Crippen molar-refractivity contribution in [2.45, 2.75) is 19.9 Å². The molecule has 0 aliphatic heterocycles. The minimum Gasteiger partial charge on any atom is -0.396 e. The zero-order valence-corrected chi connectivity index (χ0v) is 11.0. The molecule has 18 heavy (non-hydrogen) atoms. The van der Waals surface area contributed by atoms with Gasteiger partial charge in [-0.25, -0.2) is 4.98 Å². The van der Waals surface area contributed by atoms with Gasteiger partial charge in [-0.05, 0) is 26.0 Å². The summed E-state index contributed by atoms with van der Waals surface area (Å²) in [6.07, 6.45) is 0. The first-order valence-corrected chi connectivity index (χ1v) is 5.83. The molecular formula is C12H20N4O2. The SMILES string of the molecule is CCN(c1nc(C(N)=O)ccc1N)C(C)COC. The van der Waals surface area contributed by atoms with E-state index >= 15 is 0 Å². The number of ether oxygens (including phenoxy) is 1. The van der Waals surface area contributed by atoms with Gasteiger partial charge in [-0.2, -0.15) is 0 Å². The summed E-state index contributed by atoms with van der Waals surface area (Å²) in [7, 11) is 1.64. The number of nitrogens with zero attached hydrogens (tertiary/aromatic N) is 2. The Labute approximate surface area is 107 Å². The number of carbonyl (C=O) groups excluding carboxylic acids is 1. The highest BCUT2D eigenvalue weighted by Gasteiger charge is 2.18. The molecule has 1 rings (SSSR count). The summed E-state index contributed by atoms with van der Waals surface area (Å²) in [6, 6.07) is 3.28. The molecule has 1 amide bonds. The molecular weight excluding hydrogens is 232 g/mol. The van der Waals surface area contributed by atoms with Crippen molar-refractivity contribution < 1.29 is 9.53 Å². The molecule has 6 heteroatoms. The molecule has 1 aromatic heterocycles. The Morgan fingerprint density at radius 1 is 1.56 bits per heavy atom. The van der Waals surface area contributed by atoms with E-state index in [1.54, 1.807) is 13.2 Å². The van der Waals surface area contributed by atoms with Crippen LogP contribution in [-0.4, -0.2) is 37.2 Å². The number of pyridine rings is 1. The van der Waals surface area contributed by atoms with Crippen LogP contribution in [-0.2, 0) is 4.74 Å². The number of likely N-dealkylation sites (N-methyl/N-ethyl adjacent to an activating group) is 1. The normalized spacial score (nSPS) is 12.2. The Morgan fingerprint density at radius 2 is 2.22 bits per heavy atom. The fourth-order valence-electron chi connectivity index (χ4n) is 1.83. The van der Waals surface area contributed by atoms with Crippen LogP contribution in [0.1, 0.15) is 24.3 Å². The lowest BCUT2D eigenvalue weighted by Gasteiger charge is -2.29. The number of amides is 1. The standard InChI is InChI=1S/C12H20N4O2/c1-4-16(8(2)7-18-3)12-9(13)5-6-10(15-12)11(14)17/h5-6,8H,4,7,13H2,1-3H3,(H2,14,17). The summed E-state index contributed by atoms with van der Waals surface area (Å²) in [5, 5.41) is 0. The molecule has 0 aromatic carbocycles. The maximum absolute atomic E-state index is 11.1. The van der Waals surface area contributed by atoms with Crippen molar-refractivity contribution in [1.82, 2.24) is 4.98 Å². The third kappa shape index (κ3) is 3.10. The van der Waals surface area contributed by atoms with Gasteiger partial charge in [0.1, 0.15) is 5.69 Å². The summed E-state index contributed by atoms with van der Waals surface area (Å²) in [5.74, 6) is 0.00467. The average molecular weight is 252 g/mol. The van der Waals surface area contributed by atoms with Gasteiger partial charge in [-0.3, -0.25) is 4.79 Å². The number of aromatic nitrogens is 1. The van der Waals surface area contributed by atoms with Crippen LogP contribution in [0.3, 0.4) is 0 Å². The lowest BCUT2D eigenvalue weighted by Crippen LogP contribution is -2.37. The monoisotopic (exact) mass is 252 g/mol. The predicted molar refractivity (Wildman–Crippen MR) is 71.5 cm³/mol. The van der Waals surface area contributed by atoms with Crippen molar-refractivity contribution in [3.8, 4) is 0 Å². The molecule has 4 N–H and O–H groups in total. The van der Waals surface area contributed by atoms with Gasteiger partial charge >= 0.3 is 0 Å². The molecule has 6 nitrogen and oxygen atoms in total. The van der Waals surface area contributed by atoms with E-state index in [0.29, 0.717) is 24.7 Å². The second-order valence-corrected chi connectivity index (χ2v) is 4.06. The Kier molecular flexibility index (Phi) is 4.91. The number of anilines is 2. The van der Waals surface area contributed by atoms with Gasteiger partial charge < -0.3 is 21.1 Å². The fraction of sp³-hybridized carbons (Fsp3) is 0.500. The van der Waals surface area contributed by atoms with Gasteiger partial charge in [0.15, 0.2) is 5.82 Å². The minimum atomic E-state index is -0.563. The molecule has 1 aromatic rings. The van der Waals surface area contributed by atoms with E-state index < -0.39 is 5.91 Å². The Balaban J connectivity index is 3.11. The summed E-state index contributed by atoms with van der Waals surface area (Å²) >= 11 is 0. The van der Waals surface area contributed by atoms with Gasteiger partial charge in [0.2, 0.25) is 0 Å². The second kappa shape index (κ2) is 6.20. The van der Waals surface area contributed by atoms with Crippen LogP contribution in [0.2, 0.25) is 0 Å². The number of primary amides is 1. The zero-order chi connectivity index (χ0) is 13.7. The van der Waals surface area contributed by atoms with Crippen LogP contribution >= 0.6 is 0 Å². The van der Waals surface area contributed by atoms with Crippen LogP contribution in [0, 0.1) is 0 Å². The highest BCUT2D eigenvalue weighted by atomic mass is 16.5. The third-order valence-corrected chi connectivity index (χ3v) is 2.71. The van der Waals surface area contributed by atoms with Gasteiger partial charge in [0.25, 0.3) is 5.91 Å². The molecule has 1 unspecified atom stereocenters. The van der Waals surface area contributed by atoms with E-state index in [0.717, 1.165) is 0 Å². The molecule has 0 aliphatic rings. The molecule has 1 heterocycles. The maximum Gasteiger partial charge on any atom is 0.267 e. The number of nitrogen functional groups attached to an aromatic ring is 1. The van der Waals surface area contributed by atoms with Crippen LogP contribution in [0.4, 0.5) is 11.5 Å². The fourth-order valence-corrected chi connectivity index (χ4v) is 1.83. The predicted octanol–water partition coefficient (Wildman–Crippen LogP) is 0.624. The topological polar surface area (TPSA) is 94.5 Å². The smallest absolute Gasteiger partial charge is 0.267 e. The Bertz CT molecular complexity index is 423. The highest BCUT2D eigenvalue weighted by Crippen LogP contribution is 2.22.